The Morgan fingerprint density at radius 2 is 1.88 bits per heavy atom. The number of piperidine rings is 1. The van der Waals surface area contributed by atoms with E-state index in [-0.39, 0.29) is 17.6 Å². The molecule has 1 aliphatic heterocycles. The standard InChI is InChI=1S/C18H19N5O2/c1-12-14(4-2-8-19-12)17(24)22-10-6-13(7-11-22)23-16-15(21-18(23)25)5-3-9-20-16/h2-5,8-9,13H,6-7,10-11H2,1H3,(H,21,25). The van der Waals surface area contributed by atoms with Crippen molar-refractivity contribution >= 4 is 17.1 Å². The molecule has 1 aliphatic rings. The lowest BCUT2D eigenvalue weighted by molar-refractivity contribution is 0.0693. The monoisotopic (exact) mass is 337 g/mol. The van der Waals surface area contributed by atoms with Crippen molar-refractivity contribution in [2.24, 2.45) is 0 Å². The second-order valence-corrected chi connectivity index (χ2v) is 6.33. The van der Waals surface area contributed by atoms with E-state index in [1.165, 1.54) is 0 Å². The van der Waals surface area contributed by atoms with Crippen molar-refractivity contribution in [1.82, 2.24) is 24.4 Å². The van der Waals surface area contributed by atoms with Crippen LogP contribution in [0.1, 0.15) is 34.9 Å². The molecule has 25 heavy (non-hydrogen) atoms. The number of carbonyl (C=O) groups is 1. The summed E-state index contributed by atoms with van der Waals surface area (Å²) in [5.74, 6) is 0.00782. The van der Waals surface area contributed by atoms with Gasteiger partial charge in [0.25, 0.3) is 5.91 Å². The van der Waals surface area contributed by atoms with Crippen LogP contribution in [-0.2, 0) is 0 Å². The van der Waals surface area contributed by atoms with E-state index in [1.807, 2.05) is 24.0 Å². The van der Waals surface area contributed by atoms with Gasteiger partial charge in [0.2, 0.25) is 0 Å². The van der Waals surface area contributed by atoms with Gasteiger partial charge in [-0.15, -0.1) is 0 Å². The number of carbonyl (C=O) groups excluding carboxylic acids is 1. The summed E-state index contributed by atoms with van der Waals surface area (Å²) in [5, 5.41) is 0. The maximum atomic E-state index is 12.7. The molecule has 4 rings (SSSR count). The van der Waals surface area contributed by atoms with Crippen LogP contribution in [0.3, 0.4) is 0 Å². The molecule has 7 nitrogen and oxygen atoms in total. The molecule has 0 aliphatic carbocycles. The Kier molecular flexibility index (Phi) is 3.83. The number of likely N-dealkylation sites (tertiary alicyclic amines) is 1. The lowest BCUT2D eigenvalue weighted by Crippen LogP contribution is -2.40. The molecule has 128 valence electrons. The molecule has 0 aromatic carbocycles. The van der Waals surface area contributed by atoms with Crippen LogP contribution in [-0.4, -0.2) is 43.4 Å². The molecule has 3 aromatic heterocycles. The van der Waals surface area contributed by atoms with Gasteiger partial charge in [-0.05, 0) is 44.0 Å². The van der Waals surface area contributed by atoms with Crippen LogP contribution in [0.25, 0.3) is 11.2 Å². The van der Waals surface area contributed by atoms with Gasteiger partial charge in [0.15, 0.2) is 5.65 Å². The first kappa shape index (κ1) is 15.6. The van der Waals surface area contributed by atoms with Gasteiger partial charge in [0, 0.05) is 37.2 Å². The number of nitrogens with zero attached hydrogens (tertiary/aromatic N) is 4. The zero-order chi connectivity index (χ0) is 17.4. The SMILES string of the molecule is Cc1ncccc1C(=O)N1CCC(n2c(=O)[nH]c3cccnc32)CC1. The van der Waals surface area contributed by atoms with Gasteiger partial charge in [-0.3, -0.25) is 14.3 Å². The minimum Gasteiger partial charge on any atom is -0.338 e. The van der Waals surface area contributed by atoms with Crippen molar-refractivity contribution in [2.75, 3.05) is 13.1 Å². The molecule has 0 bridgehead atoms. The highest BCUT2D eigenvalue weighted by molar-refractivity contribution is 5.95. The summed E-state index contributed by atoms with van der Waals surface area (Å²) in [4.78, 5) is 38.2. The van der Waals surface area contributed by atoms with Gasteiger partial charge in [-0.2, -0.15) is 0 Å². The number of imidazole rings is 1. The second kappa shape index (κ2) is 6.16. The Bertz CT molecular complexity index is 982. The van der Waals surface area contributed by atoms with E-state index >= 15 is 0 Å². The maximum Gasteiger partial charge on any atom is 0.327 e. The average Bonchev–Trinajstić information content (AvgIpc) is 2.97. The van der Waals surface area contributed by atoms with Crippen LogP contribution in [0.4, 0.5) is 0 Å². The van der Waals surface area contributed by atoms with Crippen LogP contribution < -0.4 is 5.69 Å². The van der Waals surface area contributed by atoms with E-state index in [0.717, 1.165) is 24.1 Å². The lowest BCUT2D eigenvalue weighted by atomic mass is 10.0. The van der Waals surface area contributed by atoms with E-state index in [0.29, 0.717) is 24.3 Å². The fraction of sp³-hybridized carbons (Fsp3) is 0.333. The summed E-state index contributed by atoms with van der Waals surface area (Å²) < 4.78 is 1.73. The number of amides is 1. The summed E-state index contributed by atoms with van der Waals surface area (Å²) in [6.07, 6.45) is 4.84. The number of pyridine rings is 2. The smallest absolute Gasteiger partial charge is 0.327 e. The molecule has 4 heterocycles. The number of H-pyrrole nitrogens is 1. The number of fused-ring (bicyclic) bond motifs is 1. The predicted octanol–water partition coefficient (Wildman–Crippen LogP) is 1.91. The van der Waals surface area contributed by atoms with E-state index in [9.17, 15) is 9.59 Å². The Morgan fingerprint density at radius 1 is 1.16 bits per heavy atom. The molecule has 0 unspecified atom stereocenters. The second-order valence-electron chi connectivity index (χ2n) is 6.33. The Morgan fingerprint density at radius 3 is 2.64 bits per heavy atom. The molecule has 1 N–H and O–H groups in total. The van der Waals surface area contributed by atoms with Gasteiger partial charge in [-0.1, -0.05) is 0 Å². The van der Waals surface area contributed by atoms with Crippen molar-refractivity contribution in [3.8, 4) is 0 Å². The molecule has 0 saturated carbocycles. The molecular weight excluding hydrogens is 318 g/mol. The third kappa shape index (κ3) is 2.71. The molecule has 1 saturated heterocycles. The highest BCUT2D eigenvalue weighted by atomic mass is 16.2. The molecule has 3 aromatic rings. The third-order valence-corrected chi connectivity index (χ3v) is 4.83. The van der Waals surface area contributed by atoms with Crippen molar-refractivity contribution in [2.45, 2.75) is 25.8 Å². The summed E-state index contributed by atoms with van der Waals surface area (Å²) >= 11 is 0. The number of aromatic nitrogens is 4. The summed E-state index contributed by atoms with van der Waals surface area (Å²) in [6.45, 7) is 3.07. The fourth-order valence-corrected chi connectivity index (χ4v) is 3.50. The number of aryl methyl sites for hydroxylation is 1. The predicted molar refractivity (Wildman–Crippen MR) is 93.5 cm³/mol. The number of rotatable bonds is 2. The lowest BCUT2D eigenvalue weighted by Gasteiger charge is -2.32. The minimum atomic E-state index is -0.137. The van der Waals surface area contributed by atoms with E-state index < -0.39 is 0 Å². The zero-order valence-electron chi connectivity index (χ0n) is 14.0. The normalized spacial score (nSPS) is 15.6. The van der Waals surface area contributed by atoms with Crippen molar-refractivity contribution in [3.05, 3.63) is 58.4 Å². The zero-order valence-corrected chi connectivity index (χ0v) is 14.0. The van der Waals surface area contributed by atoms with Crippen molar-refractivity contribution in [1.29, 1.82) is 0 Å². The molecule has 0 atom stereocenters. The van der Waals surface area contributed by atoms with Crippen LogP contribution in [0.5, 0.6) is 0 Å². The first-order valence-electron chi connectivity index (χ1n) is 8.41. The summed E-state index contributed by atoms with van der Waals surface area (Å²) in [5.41, 5.74) is 2.68. The van der Waals surface area contributed by atoms with E-state index in [2.05, 4.69) is 15.0 Å². The number of hydrogen-bond acceptors (Lipinski definition) is 4. The molecule has 1 amide bonds. The van der Waals surface area contributed by atoms with Crippen molar-refractivity contribution in [3.63, 3.8) is 0 Å². The fourth-order valence-electron chi connectivity index (χ4n) is 3.50. The van der Waals surface area contributed by atoms with Gasteiger partial charge >= 0.3 is 5.69 Å². The topological polar surface area (TPSA) is 83.9 Å². The first-order valence-corrected chi connectivity index (χ1v) is 8.41. The van der Waals surface area contributed by atoms with Crippen molar-refractivity contribution < 1.29 is 4.79 Å². The molecule has 0 spiro atoms. The average molecular weight is 337 g/mol. The van der Waals surface area contributed by atoms with E-state index in [4.69, 9.17) is 0 Å². The quantitative estimate of drug-likeness (QED) is 0.774. The Hall–Kier alpha value is -2.96. The van der Waals surface area contributed by atoms with Gasteiger partial charge in [-0.25, -0.2) is 9.78 Å². The summed E-state index contributed by atoms with van der Waals surface area (Å²) in [7, 11) is 0. The number of hydrogen-bond donors (Lipinski definition) is 1. The highest BCUT2D eigenvalue weighted by Gasteiger charge is 2.27. The highest BCUT2D eigenvalue weighted by Crippen LogP contribution is 2.25. The van der Waals surface area contributed by atoms with Crippen LogP contribution >= 0.6 is 0 Å². The van der Waals surface area contributed by atoms with Crippen LogP contribution in [0.15, 0.2) is 41.5 Å². The molecular formula is C18H19N5O2. The molecule has 0 radical (unpaired) electrons. The maximum absolute atomic E-state index is 12.7. The van der Waals surface area contributed by atoms with E-state index in [1.54, 1.807) is 29.1 Å². The van der Waals surface area contributed by atoms with Crippen LogP contribution in [0, 0.1) is 6.92 Å². The van der Waals surface area contributed by atoms with Gasteiger partial charge in [0.1, 0.15) is 0 Å². The van der Waals surface area contributed by atoms with Crippen LogP contribution in [0.2, 0.25) is 0 Å². The number of aromatic amines is 1. The third-order valence-electron chi connectivity index (χ3n) is 4.83. The Balaban J connectivity index is 1.54. The molecule has 1 fully saturated rings. The van der Waals surface area contributed by atoms with Gasteiger partial charge < -0.3 is 9.88 Å². The summed E-state index contributed by atoms with van der Waals surface area (Å²) in [6, 6.07) is 7.30. The van der Waals surface area contributed by atoms with Gasteiger partial charge in [0.05, 0.1) is 11.1 Å². The first-order chi connectivity index (χ1) is 12.1. The Labute approximate surface area is 144 Å². The minimum absolute atomic E-state index is 0.00782. The largest absolute Gasteiger partial charge is 0.338 e. The molecule has 7 heteroatoms. The number of nitrogens with one attached hydrogen (secondary N) is 1.